The van der Waals surface area contributed by atoms with E-state index >= 15 is 0 Å². The van der Waals surface area contributed by atoms with Crippen LogP contribution in [0.25, 0.3) is 0 Å². The summed E-state index contributed by atoms with van der Waals surface area (Å²) in [5.74, 6) is 2.29. The first kappa shape index (κ1) is 21.7. The Bertz CT molecular complexity index is 938. The van der Waals surface area contributed by atoms with Crippen molar-refractivity contribution in [3.63, 3.8) is 0 Å². The van der Waals surface area contributed by atoms with Crippen LogP contribution in [-0.4, -0.2) is 32.3 Å². The summed E-state index contributed by atoms with van der Waals surface area (Å²) in [4.78, 5) is 16.3. The van der Waals surface area contributed by atoms with Gasteiger partial charge in [0, 0.05) is 38.2 Å². The van der Waals surface area contributed by atoms with Gasteiger partial charge in [-0.1, -0.05) is 18.2 Å². The fourth-order valence-corrected chi connectivity index (χ4v) is 4.04. The van der Waals surface area contributed by atoms with Crippen molar-refractivity contribution < 1.29 is 14.3 Å². The molecule has 2 aromatic rings. The first-order valence-electron chi connectivity index (χ1n) is 9.05. The van der Waals surface area contributed by atoms with E-state index in [0.29, 0.717) is 25.5 Å². The zero-order valence-corrected chi connectivity index (χ0v) is 19.7. The third-order valence-electron chi connectivity index (χ3n) is 4.79. The Kier molecular flexibility index (Phi) is 7.23. The van der Waals surface area contributed by atoms with Gasteiger partial charge in [0.05, 0.1) is 4.47 Å². The third-order valence-corrected chi connectivity index (χ3v) is 5.38. The summed E-state index contributed by atoms with van der Waals surface area (Å²) in [6.07, 6.45) is 0.454. The molecule has 0 radical (unpaired) electrons. The highest BCUT2D eigenvalue weighted by Gasteiger charge is 2.24. The van der Waals surface area contributed by atoms with Crippen LogP contribution in [0.5, 0.6) is 11.5 Å². The zero-order chi connectivity index (χ0) is 19.5. The van der Waals surface area contributed by atoms with Crippen LogP contribution in [-0.2, 0) is 11.3 Å². The zero-order valence-electron chi connectivity index (χ0n) is 15.8. The number of aliphatic imine (C=N–C) groups is 1. The molecule has 0 aliphatic carbocycles. The topological polar surface area (TPSA) is 84.0 Å². The molecule has 29 heavy (non-hydrogen) atoms. The third kappa shape index (κ3) is 4.95. The maximum atomic E-state index is 12.0. The van der Waals surface area contributed by atoms with Crippen LogP contribution in [0, 0.1) is 0 Å². The minimum absolute atomic E-state index is 0. The number of amides is 1. The molecule has 3 N–H and O–H groups in total. The van der Waals surface area contributed by atoms with Crippen LogP contribution in [0.15, 0.2) is 45.9 Å². The maximum absolute atomic E-state index is 12.0. The number of ether oxygens (including phenoxy) is 2. The summed E-state index contributed by atoms with van der Waals surface area (Å²) < 4.78 is 11.7. The van der Waals surface area contributed by atoms with E-state index in [9.17, 15) is 4.79 Å². The molecule has 0 bridgehead atoms. The van der Waals surface area contributed by atoms with Crippen molar-refractivity contribution in [2.24, 2.45) is 4.99 Å². The van der Waals surface area contributed by atoms with Gasteiger partial charge in [-0.25, -0.2) is 0 Å². The number of hydrogen-bond donors (Lipinski definition) is 3. The van der Waals surface area contributed by atoms with E-state index in [1.165, 1.54) is 0 Å². The van der Waals surface area contributed by atoms with Crippen molar-refractivity contribution in [2.75, 3.05) is 25.7 Å². The number of guanidine groups is 1. The van der Waals surface area contributed by atoms with Gasteiger partial charge >= 0.3 is 0 Å². The molecular formula is C20H22BrIN4O3. The quantitative estimate of drug-likeness (QED) is 0.296. The molecule has 7 nitrogen and oxygen atoms in total. The largest absolute Gasteiger partial charge is 0.454 e. The van der Waals surface area contributed by atoms with Crippen molar-refractivity contribution in [1.82, 2.24) is 10.6 Å². The van der Waals surface area contributed by atoms with Gasteiger partial charge in [-0.05, 0) is 45.3 Å². The number of carbonyl (C=O) groups is 1. The van der Waals surface area contributed by atoms with E-state index in [2.05, 4.69) is 42.9 Å². The average Bonchev–Trinajstić information content (AvgIpc) is 3.17. The summed E-state index contributed by atoms with van der Waals surface area (Å²) in [6, 6.07) is 11.9. The molecule has 0 saturated carbocycles. The molecule has 0 fully saturated rings. The maximum Gasteiger partial charge on any atom is 0.231 e. The van der Waals surface area contributed by atoms with Gasteiger partial charge < -0.3 is 25.4 Å². The highest BCUT2D eigenvalue weighted by atomic mass is 127. The molecule has 1 unspecified atom stereocenters. The van der Waals surface area contributed by atoms with Crippen LogP contribution in [0.3, 0.4) is 0 Å². The van der Waals surface area contributed by atoms with Crippen LogP contribution >= 0.6 is 39.9 Å². The second-order valence-corrected chi connectivity index (χ2v) is 7.51. The number of nitrogens with zero attached hydrogens (tertiary/aromatic N) is 1. The van der Waals surface area contributed by atoms with E-state index in [1.54, 1.807) is 7.05 Å². The molecule has 4 rings (SSSR count). The lowest BCUT2D eigenvalue weighted by Crippen LogP contribution is -2.40. The number of hydrogen-bond acceptors (Lipinski definition) is 4. The molecule has 0 spiro atoms. The molecule has 2 aliphatic rings. The summed E-state index contributed by atoms with van der Waals surface area (Å²) >= 11 is 3.51. The molecule has 154 valence electrons. The molecular weight excluding hydrogens is 551 g/mol. The summed E-state index contributed by atoms with van der Waals surface area (Å²) in [5, 5.41) is 9.55. The van der Waals surface area contributed by atoms with Crippen LogP contribution in [0.1, 0.15) is 23.5 Å². The SMILES string of the molecule is CN=C(NCc1cc(Br)c2c(c1)OCO2)NCC1CC(=O)Nc2ccccc21.I. The van der Waals surface area contributed by atoms with Gasteiger partial charge in [-0.15, -0.1) is 24.0 Å². The number of carbonyl (C=O) groups excluding carboxylic acids is 1. The summed E-state index contributed by atoms with van der Waals surface area (Å²) in [7, 11) is 1.73. The number of para-hydroxylation sites is 1. The number of nitrogens with one attached hydrogen (secondary N) is 3. The number of anilines is 1. The highest BCUT2D eigenvalue weighted by Crippen LogP contribution is 2.40. The van der Waals surface area contributed by atoms with E-state index in [1.807, 2.05) is 30.3 Å². The van der Waals surface area contributed by atoms with Crippen molar-refractivity contribution in [3.8, 4) is 11.5 Å². The number of benzene rings is 2. The van der Waals surface area contributed by atoms with Gasteiger partial charge in [-0.2, -0.15) is 0 Å². The predicted octanol–water partition coefficient (Wildman–Crippen LogP) is 3.59. The molecule has 2 aromatic carbocycles. The van der Waals surface area contributed by atoms with Gasteiger partial charge in [-0.3, -0.25) is 9.79 Å². The van der Waals surface area contributed by atoms with Crippen LogP contribution in [0.4, 0.5) is 5.69 Å². The van der Waals surface area contributed by atoms with Gasteiger partial charge in [0.15, 0.2) is 17.5 Å². The van der Waals surface area contributed by atoms with Crippen molar-refractivity contribution in [1.29, 1.82) is 0 Å². The monoisotopic (exact) mass is 572 g/mol. The Morgan fingerprint density at radius 2 is 2.10 bits per heavy atom. The lowest BCUT2D eigenvalue weighted by atomic mass is 9.90. The fourth-order valence-electron chi connectivity index (χ4n) is 3.43. The Balaban J connectivity index is 0.00000240. The van der Waals surface area contributed by atoms with Crippen LogP contribution in [0.2, 0.25) is 0 Å². The second kappa shape index (κ2) is 9.66. The molecule has 0 aromatic heterocycles. The van der Waals surface area contributed by atoms with Gasteiger partial charge in [0.2, 0.25) is 12.7 Å². The fraction of sp³-hybridized carbons (Fsp3) is 0.300. The molecule has 0 saturated heterocycles. The summed E-state index contributed by atoms with van der Waals surface area (Å²) in [5.41, 5.74) is 3.07. The standard InChI is InChI=1S/C20H21BrN4O3.HI/c1-22-20(23-9-12-6-15(21)19-17(7-12)27-11-28-19)24-10-13-8-18(26)25-16-5-3-2-4-14(13)16;/h2-7,13H,8-11H2,1H3,(H,25,26)(H2,22,23,24);1H. The molecule has 1 atom stereocenters. The van der Waals surface area contributed by atoms with Crippen molar-refractivity contribution in [3.05, 3.63) is 52.0 Å². The molecule has 2 heterocycles. The predicted molar refractivity (Wildman–Crippen MR) is 126 cm³/mol. The van der Waals surface area contributed by atoms with Gasteiger partial charge in [0.1, 0.15) is 0 Å². The van der Waals surface area contributed by atoms with E-state index in [4.69, 9.17) is 9.47 Å². The minimum Gasteiger partial charge on any atom is -0.454 e. The van der Waals surface area contributed by atoms with E-state index < -0.39 is 0 Å². The minimum atomic E-state index is 0. The smallest absolute Gasteiger partial charge is 0.231 e. The first-order valence-corrected chi connectivity index (χ1v) is 9.84. The lowest BCUT2D eigenvalue weighted by molar-refractivity contribution is -0.116. The van der Waals surface area contributed by atoms with Crippen LogP contribution < -0.4 is 25.4 Å². The van der Waals surface area contributed by atoms with Crippen molar-refractivity contribution in [2.45, 2.75) is 18.9 Å². The molecule has 2 aliphatic heterocycles. The summed E-state index contributed by atoms with van der Waals surface area (Å²) in [6.45, 7) is 1.44. The van der Waals surface area contributed by atoms with E-state index in [0.717, 1.165) is 32.8 Å². The Hall–Kier alpha value is -2.01. The molecule has 9 heteroatoms. The number of halogens is 2. The van der Waals surface area contributed by atoms with E-state index in [-0.39, 0.29) is 42.6 Å². The number of rotatable bonds is 4. The molecule has 1 amide bonds. The highest BCUT2D eigenvalue weighted by molar-refractivity contribution is 14.0. The Labute approximate surface area is 194 Å². The van der Waals surface area contributed by atoms with Gasteiger partial charge in [0.25, 0.3) is 0 Å². The normalized spacial score (nSPS) is 17.1. The number of fused-ring (bicyclic) bond motifs is 2. The average molecular weight is 573 g/mol. The lowest BCUT2D eigenvalue weighted by Gasteiger charge is -2.26. The first-order chi connectivity index (χ1) is 13.6. The Morgan fingerprint density at radius 3 is 2.93 bits per heavy atom. The second-order valence-electron chi connectivity index (χ2n) is 6.65. The Morgan fingerprint density at radius 1 is 1.28 bits per heavy atom. The van der Waals surface area contributed by atoms with Crippen molar-refractivity contribution >= 4 is 57.5 Å².